The summed E-state index contributed by atoms with van der Waals surface area (Å²) in [7, 11) is -3.96. The largest absolute Gasteiger partial charge is 0.322 e. The lowest BCUT2D eigenvalue weighted by atomic mass is 10.1. The number of fused-ring (bicyclic) bond motifs is 1. The Balaban J connectivity index is 1.80. The summed E-state index contributed by atoms with van der Waals surface area (Å²) in [4.78, 5) is 15.6. The Hall–Kier alpha value is -2.93. The Morgan fingerprint density at radius 2 is 1.61 bits per heavy atom. The highest BCUT2D eigenvalue weighted by molar-refractivity contribution is 7.89. The quantitative estimate of drug-likeness (QED) is 0.453. The van der Waals surface area contributed by atoms with E-state index in [0.717, 1.165) is 16.5 Å². The molecule has 0 radical (unpaired) electrons. The minimum atomic E-state index is -3.96. The van der Waals surface area contributed by atoms with E-state index in [2.05, 4.69) is 4.98 Å². The molecule has 0 aliphatic carbocycles. The van der Waals surface area contributed by atoms with Gasteiger partial charge in [-0.25, -0.2) is 8.42 Å². The van der Waals surface area contributed by atoms with E-state index in [0.29, 0.717) is 11.1 Å². The van der Waals surface area contributed by atoms with Gasteiger partial charge in [0.1, 0.15) is 4.90 Å². The second kappa shape index (κ2) is 8.67. The zero-order valence-corrected chi connectivity index (χ0v) is 18.5. The molecule has 0 bridgehead atoms. The summed E-state index contributed by atoms with van der Waals surface area (Å²) in [6, 6.07) is 23.1. The van der Waals surface area contributed by atoms with E-state index in [9.17, 15) is 13.2 Å². The van der Waals surface area contributed by atoms with E-state index in [1.165, 1.54) is 10.4 Å². The van der Waals surface area contributed by atoms with Crippen molar-refractivity contribution in [2.75, 3.05) is 0 Å². The summed E-state index contributed by atoms with van der Waals surface area (Å²) in [6.07, 6.45) is 0. The number of nitrogens with one attached hydrogen (secondary N) is 1. The SMILES string of the molecule is Cc1ccc2[nH]c(=O)c(CN(Cc3ccccc3)S(=O)(=O)c3ccccc3Cl)cc2c1. The number of hydrogen-bond acceptors (Lipinski definition) is 3. The van der Waals surface area contributed by atoms with Crippen molar-refractivity contribution in [3.05, 3.63) is 111 Å². The number of benzene rings is 3. The molecule has 3 aromatic carbocycles. The van der Waals surface area contributed by atoms with Crippen LogP contribution in [0.5, 0.6) is 0 Å². The van der Waals surface area contributed by atoms with Crippen molar-refractivity contribution in [3.63, 3.8) is 0 Å². The van der Waals surface area contributed by atoms with E-state index in [-0.39, 0.29) is 28.6 Å². The first-order valence-electron chi connectivity index (χ1n) is 9.76. The van der Waals surface area contributed by atoms with Gasteiger partial charge >= 0.3 is 0 Å². The van der Waals surface area contributed by atoms with Crippen LogP contribution in [0.25, 0.3) is 10.9 Å². The lowest BCUT2D eigenvalue weighted by molar-refractivity contribution is 0.400. The van der Waals surface area contributed by atoms with Crippen molar-refractivity contribution in [3.8, 4) is 0 Å². The van der Waals surface area contributed by atoms with Crippen molar-refractivity contribution in [2.24, 2.45) is 0 Å². The van der Waals surface area contributed by atoms with Crippen LogP contribution in [-0.2, 0) is 23.1 Å². The van der Waals surface area contributed by atoms with Crippen molar-refractivity contribution in [1.29, 1.82) is 0 Å². The summed E-state index contributed by atoms with van der Waals surface area (Å²) in [5.41, 5.74) is 2.62. The average Bonchev–Trinajstić information content (AvgIpc) is 2.75. The first kappa shape index (κ1) is 21.3. The van der Waals surface area contributed by atoms with Crippen LogP contribution < -0.4 is 5.56 Å². The van der Waals surface area contributed by atoms with Crippen molar-refractivity contribution >= 4 is 32.5 Å². The van der Waals surface area contributed by atoms with Gasteiger partial charge in [-0.2, -0.15) is 4.31 Å². The number of pyridine rings is 1. The third kappa shape index (κ3) is 4.56. The number of aromatic amines is 1. The molecule has 0 fully saturated rings. The summed E-state index contributed by atoms with van der Waals surface area (Å²) in [5.74, 6) is 0. The number of aromatic nitrogens is 1. The number of sulfonamides is 1. The van der Waals surface area contributed by atoms with Crippen LogP contribution in [0.3, 0.4) is 0 Å². The van der Waals surface area contributed by atoms with Crippen molar-refractivity contribution in [1.82, 2.24) is 9.29 Å². The molecular formula is C24H21ClN2O3S. The van der Waals surface area contributed by atoms with Crippen LogP contribution in [0, 0.1) is 6.92 Å². The molecule has 0 unspecified atom stereocenters. The number of rotatable bonds is 6. The fourth-order valence-corrected chi connectivity index (χ4v) is 5.38. The molecule has 0 atom stereocenters. The zero-order valence-electron chi connectivity index (χ0n) is 16.9. The van der Waals surface area contributed by atoms with Crippen LogP contribution in [-0.4, -0.2) is 17.7 Å². The molecule has 5 nitrogen and oxygen atoms in total. The molecule has 4 rings (SSSR count). The lowest BCUT2D eigenvalue weighted by Gasteiger charge is -2.23. The van der Waals surface area contributed by atoms with Crippen molar-refractivity contribution in [2.45, 2.75) is 24.9 Å². The fraction of sp³-hybridized carbons (Fsp3) is 0.125. The highest BCUT2D eigenvalue weighted by atomic mass is 35.5. The summed E-state index contributed by atoms with van der Waals surface area (Å²) >= 11 is 6.21. The van der Waals surface area contributed by atoms with Gasteiger partial charge in [0.05, 0.1) is 5.02 Å². The summed E-state index contributed by atoms with van der Waals surface area (Å²) in [6.45, 7) is 2.00. The van der Waals surface area contributed by atoms with Gasteiger partial charge in [0, 0.05) is 24.2 Å². The molecule has 4 aromatic rings. The third-order valence-electron chi connectivity index (χ3n) is 5.08. The molecule has 1 aromatic heterocycles. The van der Waals surface area contributed by atoms with Gasteiger partial charge in [0.2, 0.25) is 10.0 Å². The molecule has 31 heavy (non-hydrogen) atoms. The number of hydrogen-bond donors (Lipinski definition) is 1. The van der Waals surface area contributed by atoms with Gasteiger partial charge in [-0.1, -0.05) is 65.7 Å². The summed E-state index contributed by atoms with van der Waals surface area (Å²) in [5, 5.41) is 0.994. The second-order valence-electron chi connectivity index (χ2n) is 7.40. The first-order chi connectivity index (χ1) is 14.8. The number of H-pyrrole nitrogens is 1. The van der Waals surface area contributed by atoms with Gasteiger partial charge < -0.3 is 4.98 Å². The summed E-state index contributed by atoms with van der Waals surface area (Å²) < 4.78 is 28.3. The molecule has 0 aliphatic heterocycles. The molecule has 7 heteroatoms. The van der Waals surface area contributed by atoms with E-state index < -0.39 is 10.0 Å². The fourth-order valence-electron chi connectivity index (χ4n) is 3.48. The highest BCUT2D eigenvalue weighted by Crippen LogP contribution is 2.27. The normalized spacial score (nSPS) is 11.8. The van der Waals surface area contributed by atoms with Gasteiger partial charge in [-0.05, 0) is 48.2 Å². The number of nitrogens with zero attached hydrogens (tertiary/aromatic N) is 1. The Labute approximate surface area is 186 Å². The molecular weight excluding hydrogens is 432 g/mol. The van der Waals surface area contributed by atoms with E-state index >= 15 is 0 Å². The predicted octanol–water partition coefficient (Wildman–Crippen LogP) is 4.88. The third-order valence-corrected chi connectivity index (χ3v) is 7.37. The van der Waals surface area contributed by atoms with Gasteiger partial charge in [0.25, 0.3) is 5.56 Å². The molecule has 0 saturated heterocycles. The maximum Gasteiger partial charge on any atom is 0.252 e. The molecule has 1 heterocycles. The lowest BCUT2D eigenvalue weighted by Crippen LogP contribution is -2.32. The first-order valence-corrected chi connectivity index (χ1v) is 11.6. The number of halogens is 1. The Bertz CT molecular complexity index is 1400. The Kier molecular flexibility index (Phi) is 5.96. The van der Waals surface area contributed by atoms with E-state index in [1.54, 1.807) is 24.3 Å². The molecule has 0 amide bonds. The Morgan fingerprint density at radius 3 is 2.35 bits per heavy atom. The smallest absolute Gasteiger partial charge is 0.252 e. The van der Waals surface area contributed by atoms with Gasteiger partial charge in [-0.15, -0.1) is 0 Å². The van der Waals surface area contributed by atoms with Crippen LogP contribution in [0.4, 0.5) is 0 Å². The second-order valence-corrected chi connectivity index (χ2v) is 9.72. The number of aryl methyl sites for hydroxylation is 1. The maximum absolute atomic E-state index is 13.5. The van der Waals surface area contributed by atoms with Crippen molar-refractivity contribution < 1.29 is 8.42 Å². The van der Waals surface area contributed by atoms with Crippen LogP contribution >= 0.6 is 11.6 Å². The molecule has 0 spiro atoms. The van der Waals surface area contributed by atoms with E-state index in [4.69, 9.17) is 11.6 Å². The Morgan fingerprint density at radius 1 is 0.903 bits per heavy atom. The van der Waals surface area contributed by atoms with Crippen LogP contribution in [0.15, 0.2) is 88.6 Å². The predicted molar refractivity (Wildman–Crippen MR) is 124 cm³/mol. The average molecular weight is 453 g/mol. The standard InChI is InChI=1S/C24H21ClN2O3S/c1-17-11-12-22-19(13-17)14-20(24(28)26-22)16-27(15-18-7-3-2-4-8-18)31(29,30)23-10-6-5-9-21(23)25/h2-14H,15-16H2,1H3,(H,26,28). The minimum Gasteiger partial charge on any atom is -0.322 e. The minimum absolute atomic E-state index is 0.0145. The van der Waals surface area contributed by atoms with Crippen LogP contribution in [0.1, 0.15) is 16.7 Å². The molecule has 1 N–H and O–H groups in total. The molecule has 158 valence electrons. The van der Waals surface area contributed by atoms with Gasteiger partial charge in [0.15, 0.2) is 0 Å². The van der Waals surface area contributed by atoms with Crippen LogP contribution in [0.2, 0.25) is 5.02 Å². The maximum atomic E-state index is 13.5. The monoisotopic (exact) mass is 452 g/mol. The van der Waals surface area contributed by atoms with E-state index in [1.807, 2.05) is 55.5 Å². The highest BCUT2D eigenvalue weighted by Gasteiger charge is 2.28. The zero-order chi connectivity index (χ0) is 22.0. The molecule has 0 saturated carbocycles. The van der Waals surface area contributed by atoms with Gasteiger partial charge in [-0.3, -0.25) is 4.79 Å². The topological polar surface area (TPSA) is 70.2 Å². The molecule has 0 aliphatic rings.